The van der Waals surface area contributed by atoms with Crippen molar-refractivity contribution in [1.29, 1.82) is 0 Å². The Labute approximate surface area is 121 Å². The van der Waals surface area contributed by atoms with Crippen LogP contribution in [0.4, 0.5) is 0 Å². The maximum Gasteiger partial charge on any atom is 0.123 e. The van der Waals surface area contributed by atoms with E-state index < -0.39 is 0 Å². The molecule has 2 rings (SSSR count). The van der Waals surface area contributed by atoms with Crippen LogP contribution in [0.15, 0.2) is 22.7 Å². The molecule has 18 heavy (non-hydrogen) atoms. The van der Waals surface area contributed by atoms with Gasteiger partial charge in [0.2, 0.25) is 0 Å². The fourth-order valence-electron chi connectivity index (χ4n) is 1.94. The topological polar surface area (TPSA) is 21.3 Å². The molecule has 0 spiro atoms. The average molecular weight is 326 g/mol. The van der Waals surface area contributed by atoms with Gasteiger partial charge in [-0.25, -0.2) is 0 Å². The lowest BCUT2D eigenvalue weighted by atomic mass is 10.1. The predicted molar refractivity (Wildman–Crippen MR) is 81.3 cm³/mol. The summed E-state index contributed by atoms with van der Waals surface area (Å²) in [6, 6.07) is 6.19. The minimum Gasteiger partial charge on any atom is -0.488 e. The molecule has 2 nitrogen and oxygen atoms in total. The Bertz CT molecular complexity index is 444. The number of thioether (sulfide) groups is 1. The van der Waals surface area contributed by atoms with Gasteiger partial charge in [0.15, 0.2) is 0 Å². The summed E-state index contributed by atoms with van der Waals surface area (Å²) < 4.78 is 6.98. The number of rotatable bonds is 6. The van der Waals surface area contributed by atoms with Crippen LogP contribution in [0.1, 0.15) is 5.56 Å². The number of fused-ring (bicyclic) bond motifs is 1. The van der Waals surface area contributed by atoms with E-state index in [1.807, 2.05) is 12.1 Å². The molecule has 0 aromatic heterocycles. The van der Waals surface area contributed by atoms with Gasteiger partial charge in [-0.15, -0.1) is 18.2 Å². The van der Waals surface area contributed by atoms with Gasteiger partial charge in [0.25, 0.3) is 0 Å². The quantitative estimate of drug-likeness (QED) is 0.642. The number of terminal acetylenes is 1. The van der Waals surface area contributed by atoms with Crippen molar-refractivity contribution in [2.75, 3.05) is 24.6 Å². The van der Waals surface area contributed by atoms with Crippen molar-refractivity contribution in [1.82, 2.24) is 5.32 Å². The third-order valence-electron chi connectivity index (χ3n) is 2.74. The van der Waals surface area contributed by atoms with Crippen LogP contribution in [-0.4, -0.2) is 30.7 Å². The van der Waals surface area contributed by atoms with Crippen LogP contribution in [0.2, 0.25) is 0 Å². The van der Waals surface area contributed by atoms with E-state index >= 15 is 0 Å². The molecule has 0 bridgehead atoms. The minimum atomic E-state index is 0.256. The Balaban J connectivity index is 1.67. The number of benzene rings is 1. The maximum atomic E-state index is 5.87. The van der Waals surface area contributed by atoms with E-state index in [0.717, 1.165) is 41.2 Å². The highest BCUT2D eigenvalue weighted by atomic mass is 79.9. The lowest BCUT2D eigenvalue weighted by molar-refractivity contribution is 0.229. The molecule has 0 aliphatic carbocycles. The number of hydrogen-bond donors (Lipinski definition) is 1. The van der Waals surface area contributed by atoms with Gasteiger partial charge in [-0.05, 0) is 23.8 Å². The van der Waals surface area contributed by atoms with E-state index in [1.165, 1.54) is 5.56 Å². The number of hydrogen-bond acceptors (Lipinski definition) is 3. The fraction of sp³-hybridized carbons (Fsp3) is 0.429. The Kier molecular flexibility index (Phi) is 5.43. The number of nitrogens with one attached hydrogen (secondary N) is 1. The first-order valence-electron chi connectivity index (χ1n) is 5.96. The molecule has 1 aliphatic heterocycles. The molecule has 1 unspecified atom stereocenters. The second kappa shape index (κ2) is 7.08. The maximum absolute atomic E-state index is 5.87. The van der Waals surface area contributed by atoms with Crippen LogP contribution in [0, 0.1) is 12.3 Å². The molecule has 1 aromatic carbocycles. The highest BCUT2D eigenvalue weighted by Gasteiger charge is 2.22. The molecule has 1 aromatic rings. The Morgan fingerprint density at radius 2 is 2.44 bits per heavy atom. The molecule has 96 valence electrons. The van der Waals surface area contributed by atoms with Gasteiger partial charge in [-0.1, -0.05) is 21.9 Å². The van der Waals surface area contributed by atoms with Crippen LogP contribution in [0.25, 0.3) is 0 Å². The molecule has 4 heteroatoms. The second-order valence-corrected chi connectivity index (χ2v) is 6.18. The first-order chi connectivity index (χ1) is 8.79. The summed E-state index contributed by atoms with van der Waals surface area (Å²) in [5.41, 5.74) is 1.29. The minimum absolute atomic E-state index is 0.256. The Morgan fingerprint density at radius 3 is 3.28 bits per heavy atom. The van der Waals surface area contributed by atoms with Crippen molar-refractivity contribution >= 4 is 27.7 Å². The van der Waals surface area contributed by atoms with E-state index in [2.05, 4.69) is 33.2 Å². The van der Waals surface area contributed by atoms with Crippen molar-refractivity contribution in [3.05, 3.63) is 28.2 Å². The highest BCUT2D eigenvalue weighted by molar-refractivity contribution is 9.10. The standard InChI is InChI=1S/C14H16BrNOS/c1-2-6-18-7-5-16-10-13-9-11-8-12(15)3-4-14(11)17-13/h1,3-4,8,13,16H,5-7,9-10H2. The number of halogens is 1. The van der Waals surface area contributed by atoms with E-state index in [1.54, 1.807) is 11.8 Å². The van der Waals surface area contributed by atoms with Crippen LogP contribution >= 0.6 is 27.7 Å². The van der Waals surface area contributed by atoms with Crippen LogP contribution in [0.5, 0.6) is 5.75 Å². The van der Waals surface area contributed by atoms with Crippen LogP contribution < -0.4 is 10.1 Å². The summed E-state index contributed by atoms with van der Waals surface area (Å²) >= 11 is 5.26. The molecule has 0 saturated heterocycles. The predicted octanol–water partition coefficient (Wildman–Crippen LogP) is 2.71. The largest absolute Gasteiger partial charge is 0.488 e. The van der Waals surface area contributed by atoms with Gasteiger partial charge in [-0.3, -0.25) is 0 Å². The summed E-state index contributed by atoms with van der Waals surface area (Å²) in [6.07, 6.45) is 6.43. The molecule has 0 fully saturated rings. The SMILES string of the molecule is C#CCSCCNCC1Cc2cc(Br)ccc2O1. The molecular formula is C14H16BrNOS. The second-order valence-electron chi connectivity index (χ2n) is 4.16. The summed E-state index contributed by atoms with van der Waals surface area (Å²) in [7, 11) is 0. The van der Waals surface area contributed by atoms with E-state index in [9.17, 15) is 0 Å². The van der Waals surface area contributed by atoms with Crippen molar-refractivity contribution in [3.63, 3.8) is 0 Å². The summed E-state index contributed by atoms with van der Waals surface area (Å²) in [5, 5.41) is 3.41. The third kappa shape index (κ3) is 3.94. The van der Waals surface area contributed by atoms with Crippen molar-refractivity contribution in [3.8, 4) is 18.1 Å². The highest BCUT2D eigenvalue weighted by Crippen LogP contribution is 2.30. The summed E-state index contributed by atoms with van der Waals surface area (Å²) in [6.45, 7) is 1.87. The van der Waals surface area contributed by atoms with Crippen LogP contribution in [0.3, 0.4) is 0 Å². The zero-order valence-corrected chi connectivity index (χ0v) is 12.5. The van der Waals surface area contributed by atoms with Gasteiger partial charge in [0.05, 0.1) is 5.75 Å². The van der Waals surface area contributed by atoms with E-state index in [4.69, 9.17) is 11.2 Å². The fourth-order valence-corrected chi connectivity index (χ4v) is 2.90. The molecule has 1 atom stereocenters. The van der Waals surface area contributed by atoms with Gasteiger partial charge < -0.3 is 10.1 Å². The molecule has 0 radical (unpaired) electrons. The third-order valence-corrected chi connectivity index (χ3v) is 4.10. The molecule has 1 heterocycles. The zero-order chi connectivity index (χ0) is 12.8. The van der Waals surface area contributed by atoms with Gasteiger partial charge in [-0.2, -0.15) is 0 Å². The van der Waals surface area contributed by atoms with Crippen LogP contribution in [-0.2, 0) is 6.42 Å². The Hall–Kier alpha value is -0.630. The smallest absolute Gasteiger partial charge is 0.123 e. The Morgan fingerprint density at radius 1 is 1.56 bits per heavy atom. The normalized spacial score (nSPS) is 17.0. The molecular weight excluding hydrogens is 310 g/mol. The number of ether oxygens (including phenoxy) is 1. The zero-order valence-electron chi connectivity index (χ0n) is 10.1. The van der Waals surface area contributed by atoms with E-state index in [0.29, 0.717) is 0 Å². The van der Waals surface area contributed by atoms with Gasteiger partial charge >= 0.3 is 0 Å². The summed E-state index contributed by atoms with van der Waals surface area (Å²) in [5.74, 6) is 5.49. The lowest BCUT2D eigenvalue weighted by Crippen LogP contribution is -2.31. The molecule has 1 aliphatic rings. The molecule has 1 N–H and O–H groups in total. The van der Waals surface area contributed by atoms with Crippen molar-refractivity contribution < 1.29 is 4.74 Å². The average Bonchev–Trinajstić information content (AvgIpc) is 2.75. The molecule has 0 saturated carbocycles. The summed E-state index contributed by atoms with van der Waals surface area (Å²) in [4.78, 5) is 0. The van der Waals surface area contributed by atoms with Crippen molar-refractivity contribution in [2.45, 2.75) is 12.5 Å². The first kappa shape index (κ1) is 13.8. The van der Waals surface area contributed by atoms with Gasteiger partial charge in [0, 0.05) is 29.7 Å². The first-order valence-corrected chi connectivity index (χ1v) is 7.91. The van der Waals surface area contributed by atoms with Gasteiger partial charge in [0.1, 0.15) is 11.9 Å². The van der Waals surface area contributed by atoms with E-state index in [-0.39, 0.29) is 6.10 Å². The molecule has 0 amide bonds. The lowest BCUT2D eigenvalue weighted by Gasteiger charge is -2.11. The monoisotopic (exact) mass is 325 g/mol. The van der Waals surface area contributed by atoms with Crippen molar-refractivity contribution in [2.24, 2.45) is 0 Å².